The highest BCUT2D eigenvalue weighted by Crippen LogP contribution is 2.57. The minimum Gasteiger partial charge on any atom is -0.406 e. The van der Waals surface area contributed by atoms with Crippen LogP contribution in [0.5, 0.6) is 11.5 Å². The molecule has 0 aliphatic carbocycles. The van der Waals surface area contributed by atoms with Crippen molar-refractivity contribution in [3.63, 3.8) is 0 Å². The molecule has 0 fully saturated rings. The van der Waals surface area contributed by atoms with E-state index in [4.69, 9.17) is 0 Å². The molecule has 3 aromatic carbocycles. The van der Waals surface area contributed by atoms with E-state index in [1.807, 2.05) is 0 Å². The Labute approximate surface area is 233 Å². The molecule has 3 aromatic rings. The molecule has 0 radical (unpaired) electrons. The van der Waals surface area contributed by atoms with E-state index in [0.29, 0.717) is 18.2 Å². The molecule has 0 aliphatic rings. The Kier molecular flexibility index (Phi) is 9.11. The third kappa shape index (κ3) is 6.58. The second kappa shape index (κ2) is 11.7. The molecule has 2 unspecified atom stereocenters. The highest BCUT2D eigenvalue weighted by Gasteiger charge is 2.68. The first-order chi connectivity index (χ1) is 19.4. The molecular formula is C28H24F9NO4. The van der Waals surface area contributed by atoms with Crippen molar-refractivity contribution in [2.75, 3.05) is 0 Å². The Bertz CT molecular complexity index is 1390. The van der Waals surface area contributed by atoms with Crippen LogP contribution in [-0.4, -0.2) is 29.8 Å². The molecule has 0 spiro atoms. The van der Waals surface area contributed by atoms with Crippen molar-refractivity contribution in [3.05, 3.63) is 95.3 Å². The molecule has 5 nitrogen and oxygen atoms in total. The van der Waals surface area contributed by atoms with Gasteiger partial charge in [0.1, 0.15) is 16.8 Å². The first-order valence-corrected chi connectivity index (χ1v) is 12.2. The van der Waals surface area contributed by atoms with Gasteiger partial charge >= 0.3 is 18.8 Å². The molecule has 42 heavy (non-hydrogen) atoms. The summed E-state index contributed by atoms with van der Waals surface area (Å²) in [7, 11) is 0. The smallest absolute Gasteiger partial charge is 0.406 e. The van der Waals surface area contributed by atoms with Gasteiger partial charge in [0.15, 0.2) is 11.6 Å². The Hall–Kier alpha value is -3.94. The average Bonchev–Trinajstić information content (AvgIpc) is 2.85. The predicted molar refractivity (Wildman–Crippen MR) is 131 cm³/mol. The summed E-state index contributed by atoms with van der Waals surface area (Å²) in [6.45, 7) is 2.23. The topological polar surface area (TPSA) is 67.8 Å². The third-order valence-electron chi connectivity index (χ3n) is 6.40. The summed E-state index contributed by atoms with van der Waals surface area (Å²) in [5, 5.41) is 13.4. The molecule has 0 aromatic heterocycles. The molecule has 0 saturated carbocycles. The molecule has 0 aliphatic heterocycles. The number of alkyl halides is 8. The lowest BCUT2D eigenvalue weighted by molar-refractivity contribution is -0.276. The van der Waals surface area contributed by atoms with E-state index in [2.05, 4.69) is 9.47 Å². The summed E-state index contributed by atoms with van der Waals surface area (Å²) in [6.07, 6.45) is -11.2. The Balaban J connectivity index is 2.55. The first-order valence-electron chi connectivity index (χ1n) is 12.2. The monoisotopic (exact) mass is 609 g/mol. The number of halogens is 9. The van der Waals surface area contributed by atoms with Crippen LogP contribution in [0, 0.1) is 5.82 Å². The van der Waals surface area contributed by atoms with E-state index in [1.165, 1.54) is 30.4 Å². The Morgan fingerprint density at radius 3 is 1.95 bits per heavy atom. The number of hydrogen-bond acceptors (Lipinski definition) is 4. The van der Waals surface area contributed by atoms with E-state index in [1.54, 1.807) is 0 Å². The summed E-state index contributed by atoms with van der Waals surface area (Å²) >= 11 is 0. The molecule has 14 heteroatoms. The Morgan fingerprint density at radius 2 is 1.38 bits per heavy atom. The molecule has 0 heterocycles. The number of amides is 1. The lowest BCUT2D eigenvalue weighted by Crippen LogP contribution is -2.66. The lowest BCUT2D eigenvalue weighted by atomic mass is 9.59. The van der Waals surface area contributed by atoms with Gasteiger partial charge in [-0.25, -0.2) is 4.39 Å². The second-order valence-electron chi connectivity index (χ2n) is 9.30. The van der Waals surface area contributed by atoms with Gasteiger partial charge in [0, 0.05) is 12.0 Å². The fourth-order valence-corrected chi connectivity index (χ4v) is 4.82. The number of hydrogen-bond donors (Lipinski definition) is 2. The molecular weight excluding hydrogens is 585 g/mol. The van der Waals surface area contributed by atoms with Crippen molar-refractivity contribution in [1.29, 1.82) is 0 Å². The van der Waals surface area contributed by atoms with E-state index in [-0.39, 0.29) is 12.0 Å². The van der Waals surface area contributed by atoms with Crippen molar-refractivity contribution in [1.82, 2.24) is 5.32 Å². The van der Waals surface area contributed by atoms with E-state index >= 15 is 13.2 Å². The van der Waals surface area contributed by atoms with Crippen molar-refractivity contribution in [2.24, 2.45) is 0 Å². The van der Waals surface area contributed by atoms with Crippen LogP contribution in [0.15, 0.2) is 72.8 Å². The quantitative estimate of drug-likeness (QED) is 0.187. The SMILES string of the molecule is CCCC(=O)NC(F)(F)C(c1cccc(OC(F)(F)F)c1)(c1cccc(OC(F)(F)F)c1F)C(C)(O)c1ccccc1. The zero-order valence-corrected chi connectivity index (χ0v) is 21.9. The largest absolute Gasteiger partial charge is 0.573 e. The normalized spacial score (nSPS) is 15.3. The van der Waals surface area contributed by atoms with Crippen LogP contribution < -0.4 is 14.8 Å². The van der Waals surface area contributed by atoms with Gasteiger partial charge in [-0.15, -0.1) is 26.3 Å². The number of carbonyl (C=O) groups excluding carboxylic acids is 1. The molecule has 0 bridgehead atoms. The summed E-state index contributed by atoms with van der Waals surface area (Å²) in [6, 6.07) is 6.04. The van der Waals surface area contributed by atoms with Gasteiger partial charge in [-0.05, 0) is 42.7 Å². The standard InChI is InChI=1S/C28H24F9NO4/c1-3-9-22(39)38-26(30,31)25(24(2,40)17-10-5-4-6-11-17,18-12-7-13-19(16-18)41-27(32,33)34)20-14-8-15-21(23(20)29)42-28(35,36)37/h4-8,10-16,40H,3,9H2,1-2H3,(H,38,39). The zero-order valence-electron chi connectivity index (χ0n) is 21.9. The molecule has 3 rings (SSSR count). The minimum atomic E-state index is -5.48. The predicted octanol–water partition coefficient (Wildman–Crippen LogP) is 7.33. The number of aliphatic hydroxyl groups is 1. The maximum atomic E-state index is 16.8. The van der Waals surface area contributed by atoms with Gasteiger partial charge in [0.05, 0.1) is 0 Å². The third-order valence-corrected chi connectivity index (χ3v) is 6.40. The van der Waals surface area contributed by atoms with Crippen LogP contribution in [0.3, 0.4) is 0 Å². The van der Waals surface area contributed by atoms with Crippen molar-refractivity contribution < 1.29 is 58.9 Å². The van der Waals surface area contributed by atoms with Crippen molar-refractivity contribution in [3.8, 4) is 11.5 Å². The first kappa shape index (κ1) is 32.6. The van der Waals surface area contributed by atoms with Crippen molar-refractivity contribution in [2.45, 2.75) is 56.5 Å². The van der Waals surface area contributed by atoms with Crippen molar-refractivity contribution >= 4 is 5.91 Å². The van der Waals surface area contributed by atoms with Crippen LogP contribution >= 0.6 is 0 Å². The summed E-state index contributed by atoms with van der Waals surface area (Å²) in [5.74, 6) is -5.99. The number of carbonyl (C=O) groups is 1. The molecule has 2 atom stereocenters. The molecule has 2 N–H and O–H groups in total. The number of benzene rings is 3. The number of rotatable bonds is 10. The van der Waals surface area contributed by atoms with Gasteiger partial charge in [0.2, 0.25) is 5.91 Å². The maximum Gasteiger partial charge on any atom is 0.573 e. The zero-order chi connectivity index (χ0) is 31.6. The molecule has 228 valence electrons. The van der Waals surface area contributed by atoms with Gasteiger partial charge in [-0.1, -0.05) is 61.5 Å². The van der Waals surface area contributed by atoms with Crippen LogP contribution in [0.4, 0.5) is 39.5 Å². The second-order valence-corrected chi connectivity index (χ2v) is 9.30. The van der Waals surface area contributed by atoms with Crippen LogP contribution in [0.2, 0.25) is 0 Å². The summed E-state index contributed by atoms with van der Waals surface area (Å²) < 4.78 is 136. The van der Waals surface area contributed by atoms with E-state index in [9.17, 15) is 36.2 Å². The van der Waals surface area contributed by atoms with Gasteiger partial charge in [-0.2, -0.15) is 8.78 Å². The maximum absolute atomic E-state index is 16.8. The Morgan fingerprint density at radius 1 is 0.810 bits per heavy atom. The fraction of sp³-hybridized carbons (Fsp3) is 0.321. The van der Waals surface area contributed by atoms with E-state index in [0.717, 1.165) is 43.3 Å². The molecule has 1 amide bonds. The highest BCUT2D eigenvalue weighted by atomic mass is 19.4. The van der Waals surface area contributed by atoms with Gasteiger partial charge in [-0.3, -0.25) is 10.1 Å². The van der Waals surface area contributed by atoms with E-state index < -0.39 is 70.6 Å². The average molecular weight is 609 g/mol. The minimum absolute atomic E-state index is 0.0577. The number of ether oxygens (including phenoxy) is 2. The lowest BCUT2D eigenvalue weighted by Gasteiger charge is -2.50. The molecule has 0 saturated heterocycles. The summed E-state index contributed by atoms with van der Waals surface area (Å²) in [5.41, 5.74) is -9.37. The van der Waals surface area contributed by atoms with Crippen LogP contribution in [-0.2, 0) is 15.8 Å². The fourth-order valence-electron chi connectivity index (χ4n) is 4.82. The van der Waals surface area contributed by atoms with Crippen LogP contribution in [0.25, 0.3) is 0 Å². The van der Waals surface area contributed by atoms with Gasteiger partial charge < -0.3 is 14.6 Å². The van der Waals surface area contributed by atoms with Crippen LogP contribution in [0.1, 0.15) is 43.4 Å². The number of nitrogens with one attached hydrogen (secondary N) is 1. The highest BCUT2D eigenvalue weighted by molar-refractivity contribution is 5.77. The summed E-state index contributed by atoms with van der Waals surface area (Å²) in [4.78, 5) is 12.5. The van der Waals surface area contributed by atoms with Gasteiger partial charge in [0.25, 0.3) is 0 Å².